The van der Waals surface area contributed by atoms with Gasteiger partial charge in [0.1, 0.15) is 0 Å². The van der Waals surface area contributed by atoms with Crippen LogP contribution in [0, 0.1) is 0 Å². The van der Waals surface area contributed by atoms with E-state index in [0.717, 1.165) is 4.80 Å². The van der Waals surface area contributed by atoms with Crippen LogP contribution in [-0.4, -0.2) is 30.2 Å². The van der Waals surface area contributed by atoms with E-state index in [4.69, 9.17) is 21.8 Å². The maximum Gasteiger partial charge on any atom is 0.437 e. The van der Waals surface area contributed by atoms with Crippen molar-refractivity contribution < 1.29 is 23.4 Å². The molecule has 6 nitrogen and oxygen atoms in total. The molecule has 0 aliphatic rings. The van der Waals surface area contributed by atoms with Crippen LogP contribution in [0.2, 0.25) is 5.02 Å². The normalized spacial score (nSPS) is 12.3. The zero-order chi connectivity index (χ0) is 17.5. The maximum atomic E-state index is 12.9. The average Bonchev–Trinajstić information content (AvgIpc) is 2.91. The first kappa shape index (κ1) is 16.6. The molecule has 0 spiro atoms. The van der Waals surface area contributed by atoms with E-state index in [9.17, 15) is 13.2 Å². The standard InChI is InChI=1S/C14H10ClF3N4O2/c15-9-4-8-3-7(1-2-10(8)19-5-9)6-22-20-11(13(23)24)12(21-22)14(16,17)18/h1-5,13,23-24H,6H2. The third-order valence-electron chi connectivity index (χ3n) is 3.23. The number of rotatable bonds is 3. The first-order valence-corrected chi connectivity index (χ1v) is 7.04. The topological polar surface area (TPSA) is 84.1 Å². The summed E-state index contributed by atoms with van der Waals surface area (Å²) >= 11 is 5.87. The fourth-order valence-corrected chi connectivity index (χ4v) is 2.39. The van der Waals surface area contributed by atoms with Crippen LogP contribution in [0.4, 0.5) is 13.2 Å². The average molecular weight is 359 g/mol. The second-order valence-corrected chi connectivity index (χ2v) is 5.45. The van der Waals surface area contributed by atoms with Crippen LogP contribution in [-0.2, 0) is 12.7 Å². The van der Waals surface area contributed by atoms with Crippen molar-refractivity contribution in [2.75, 3.05) is 0 Å². The van der Waals surface area contributed by atoms with E-state index in [-0.39, 0.29) is 6.54 Å². The van der Waals surface area contributed by atoms with Gasteiger partial charge in [0.2, 0.25) is 0 Å². The predicted octanol–water partition coefficient (Wildman–Crippen LogP) is 2.53. The number of benzene rings is 1. The Hall–Kier alpha value is -2.23. The van der Waals surface area contributed by atoms with E-state index in [0.29, 0.717) is 21.5 Å². The molecule has 24 heavy (non-hydrogen) atoms. The van der Waals surface area contributed by atoms with Gasteiger partial charge in [-0.2, -0.15) is 23.1 Å². The quantitative estimate of drug-likeness (QED) is 0.703. The minimum absolute atomic E-state index is 0.0851. The van der Waals surface area contributed by atoms with Gasteiger partial charge in [0.25, 0.3) is 0 Å². The molecule has 0 saturated carbocycles. The Balaban J connectivity index is 1.96. The molecule has 0 amide bonds. The summed E-state index contributed by atoms with van der Waals surface area (Å²) in [6, 6.07) is 6.72. The molecule has 0 aliphatic carbocycles. The zero-order valence-electron chi connectivity index (χ0n) is 11.9. The van der Waals surface area contributed by atoms with Crippen LogP contribution in [0.15, 0.2) is 30.5 Å². The molecule has 0 aliphatic heterocycles. The summed E-state index contributed by atoms with van der Waals surface area (Å²) in [4.78, 5) is 4.88. The fourth-order valence-electron chi connectivity index (χ4n) is 2.22. The van der Waals surface area contributed by atoms with Gasteiger partial charge in [-0.05, 0) is 23.8 Å². The zero-order valence-corrected chi connectivity index (χ0v) is 12.6. The highest BCUT2D eigenvalue weighted by Gasteiger charge is 2.40. The SMILES string of the molecule is OC(O)c1nn(Cc2ccc3ncc(Cl)cc3c2)nc1C(F)(F)F. The molecule has 0 bridgehead atoms. The third kappa shape index (κ3) is 3.32. The van der Waals surface area contributed by atoms with Crippen molar-refractivity contribution in [2.24, 2.45) is 0 Å². The highest BCUT2D eigenvalue weighted by Crippen LogP contribution is 2.31. The van der Waals surface area contributed by atoms with Gasteiger partial charge in [0.15, 0.2) is 17.7 Å². The smallest absolute Gasteiger partial charge is 0.363 e. The van der Waals surface area contributed by atoms with Crippen molar-refractivity contribution in [1.29, 1.82) is 0 Å². The summed E-state index contributed by atoms with van der Waals surface area (Å²) < 4.78 is 38.6. The minimum Gasteiger partial charge on any atom is -0.363 e. The highest BCUT2D eigenvalue weighted by molar-refractivity contribution is 6.31. The van der Waals surface area contributed by atoms with Gasteiger partial charge in [-0.3, -0.25) is 4.98 Å². The first-order chi connectivity index (χ1) is 11.2. The molecular formula is C14H10ClF3N4O2. The summed E-state index contributed by atoms with van der Waals surface area (Å²) in [5.74, 6) is 0. The van der Waals surface area contributed by atoms with Crippen molar-refractivity contribution in [3.05, 3.63) is 52.4 Å². The molecule has 3 aromatic rings. The molecular weight excluding hydrogens is 349 g/mol. The number of aromatic nitrogens is 4. The van der Waals surface area contributed by atoms with Gasteiger partial charge in [-0.15, -0.1) is 5.10 Å². The Labute approximate surface area is 138 Å². The largest absolute Gasteiger partial charge is 0.437 e. The van der Waals surface area contributed by atoms with Gasteiger partial charge in [0.05, 0.1) is 17.1 Å². The van der Waals surface area contributed by atoms with Crippen LogP contribution in [0.5, 0.6) is 0 Å². The number of alkyl halides is 3. The fraction of sp³-hybridized carbons (Fsp3) is 0.214. The summed E-state index contributed by atoms with van der Waals surface area (Å²) in [5, 5.41) is 26.0. The first-order valence-electron chi connectivity index (χ1n) is 6.66. The molecule has 0 radical (unpaired) electrons. The molecule has 0 fully saturated rings. The van der Waals surface area contributed by atoms with Crippen LogP contribution < -0.4 is 0 Å². The Kier molecular flexibility index (Phi) is 4.16. The van der Waals surface area contributed by atoms with Crippen molar-refractivity contribution >= 4 is 22.5 Å². The van der Waals surface area contributed by atoms with Gasteiger partial charge in [-0.1, -0.05) is 17.7 Å². The molecule has 1 aromatic carbocycles. The lowest BCUT2D eigenvalue weighted by molar-refractivity contribution is -0.146. The lowest BCUT2D eigenvalue weighted by Crippen LogP contribution is -2.12. The van der Waals surface area contributed by atoms with Crippen LogP contribution in [0.3, 0.4) is 0 Å². The molecule has 0 atom stereocenters. The van der Waals surface area contributed by atoms with Gasteiger partial charge in [0, 0.05) is 11.6 Å². The van der Waals surface area contributed by atoms with Gasteiger partial charge in [-0.25, -0.2) is 0 Å². The second kappa shape index (κ2) is 6.00. The number of hydrogen-bond acceptors (Lipinski definition) is 5. The summed E-state index contributed by atoms with van der Waals surface area (Å²) in [7, 11) is 0. The van der Waals surface area contributed by atoms with E-state index < -0.39 is 23.9 Å². The van der Waals surface area contributed by atoms with E-state index in [1.165, 1.54) is 6.20 Å². The number of halogens is 4. The Morgan fingerprint density at radius 1 is 1.17 bits per heavy atom. The van der Waals surface area contributed by atoms with E-state index in [1.54, 1.807) is 24.3 Å². The van der Waals surface area contributed by atoms with Crippen molar-refractivity contribution in [1.82, 2.24) is 20.0 Å². The molecule has 3 rings (SSSR count). The lowest BCUT2D eigenvalue weighted by atomic mass is 10.1. The summed E-state index contributed by atoms with van der Waals surface area (Å²) in [6.07, 6.45) is -5.71. The van der Waals surface area contributed by atoms with E-state index >= 15 is 0 Å². The maximum absolute atomic E-state index is 12.9. The highest BCUT2D eigenvalue weighted by atomic mass is 35.5. The number of aliphatic hydroxyl groups excluding tert-OH is 1. The molecule has 2 N–H and O–H groups in total. The third-order valence-corrected chi connectivity index (χ3v) is 3.44. The van der Waals surface area contributed by atoms with Crippen molar-refractivity contribution in [3.8, 4) is 0 Å². The lowest BCUT2D eigenvalue weighted by Gasteiger charge is -2.04. The van der Waals surface area contributed by atoms with Gasteiger partial charge >= 0.3 is 6.18 Å². The number of aliphatic hydroxyl groups is 2. The Morgan fingerprint density at radius 2 is 1.92 bits per heavy atom. The van der Waals surface area contributed by atoms with E-state index in [1.807, 2.05) is 0 Å². The minimum atomic E-state index is -4.84. The molecule has 0 unspecified atom stereocenters. The number of nitrogens with zero attached hydrogens (tertiary/aromatic N) is 4. The predicted molar refractivity (Wildman–Crippen MR) is 78.1 cm³/mol. The second-order valence-electron chi connectivity index (χ2n) is 5.02. The van der Waals surface area contributed by atoms with Crippen molar-refractivity contribution in [3.63, 3.8) is 0 Å². The van der Waals surface area contributed by atoms with Crippen LogP contribution >= 0.6 is 11.6 Å². The molecule has 2 heterocycles. The number of hydrogen-bond donors (Lipinski definition) is 2. The number of pyridine rings is 1. The summed E-state index contributed by atoms with van der Waals surface area (Å²) in [6.45, 7) is -0.0851. The molecule has 0 saturated heterocycles. The van der Waals surface area contributed by atoms with Gasteiger partial charge < -0.3 is 10.2 Å². The monoisotopic (exact) mass is 358 g/mol. The molecule has 2 aromatic heterocycles. The van der Waals surface area contributed by atoms with Crippen molar-refractivity contribution in [2.45, 2.75) is 19.0 Å². The molecule has 126 valence electrons. The van der Waals surface area contributed by atoms with E-state index in [2.05, 4.69) is 15.2 Å². The Morgan fingerprint density at radius 3 is 2.54 bits per heavy atom. The van der Waals surface area contributed by atoms with Crippen LogP contribution in [0.25, 0.3) is 10.9 Å². The Bertz CT molecular complexity index is 895. The van der Waals surface area contributed by atoms with Crippen LogP contribution in [0.1, 0.15) is 23.2 Å². The molecule has 10 heteroatoms. The summed E-state index contributed by atoms with van der Waals surface area (Å²) in [5.41, 5.74) is -1.08. The number of fused-ring (bicyclic) bond motifs is 1.